The molecule has 1 aromatic rings. The Balaban J connectivity index is 1.47. The van der Waals surface area contributed by atoms with E-state index in [9.17, 15) is 4.79 Å². The van der Waals surface area contributed by atoms with Crippen LogP contribution in [0.2, 0.25) is 0 Å². The zero-order valence-electron chi connectivity index (χ0n) is 12.2. The van der Waals surface area contributed by atoms with E-state index in [1.54, 1.807) is 0 Å². The van der Waals surface area contributed by atoms with E-state index in [4.69, 9.17) is 0 Å². The van der Waals surface area contributed by atoms with Gasteiger partial charge in [0.25, 0.3) is 0 Å². The number of nitrogens with zero attached hydrogens (tertiary/aromatic N) is 1. The van der Waals surface area contributed by atoms with Crippen LogP contribution in [0.15, 0.2) is 11.4 Å². The third-order valence-corrected chi connectivity index (χ3v) is 5.53. The summed E-state index contributed by atoms with van der Waals surface area (Å²) < 4.78 is 0. The molecule has 110 valence electrons. The van der Waals surface area contributed by atoms with Gasteiger partial charge >= 0.3 is 0 Å². The van der Waals surface area contributed by atoms with Gasteiger partial charge in [0.2, 0.25) is 5.91 Å². The zero-order chi connectivity index (χ0) is 13.9. The van der Waals surface area contributed by atoms with E-state index in [-0.39, 0.29) is 5.91 Å². The first-order chi connectivity index (χ1) is 9.76. The first-order valence-corrected chi connectivity index (χ1v) is 8.70. The summed E-state index contributed by atoms with van der Waals surface area (Å²) in [4.78, 5) is 15.8. The van der Waals surface area contributed by atoms with Crippen LogP contribution in [0, 0.1) is 5.92 Å². The van der Waals surface area contributed by atoms with E-state index in [1.165, 1.54) is 29.7 Å². The predicted molar refractivity (Wildman–Crippen MR) is 82.9 cm³/mol. The van der Waals surface area contributed by atoms with Crippen molar-refractivity contribution in [3.8, 4) is 0 Å². The summed E-state index contributed by atoms with van der Waals surface area (Å²) in [6, 6.07) is 2.68. The first-order valence-electron chi connectivity index (χ1n) is 7.82. The second kappa shape index (κ2) is 6.27. The molecule has 0 aromatic carbocycles. The lowest BCUT2D eigenvalue weighted by Gasteiger charge is -2.28. The Morgan fingerprint density at radius 2 is 2.40 bits per heavy atom. The highest BCUT2D eigenvalue weighted by molar-refractivity contribution is 7.10. The molecule has 0 saturated heterocycles. The Morgan fingerprint density at radius 3 is 3.15 bits per heavy atom. The largest absolute Gasteiger partial charge is 0.337 e. The van der Waals surface area contributed by atoms with Crippen LogP contribution in [-0.4, -0.2) is 29.9 Å². The summed E-state index contributed by atoms with van der Waals surface area (Å²) in [7, 11) is 0. The molecule has 1 aromatic heterocycles. The maximum absolute atomic E-state index is 12.3. The van der Waals surface area contributed by atoms with Gasteiger partial charge in [-0.15, -0.1) is 11.3 Å². The van der Waals surface area contributed by atoms with Crippen LogP contribution in [0.3, 0.4) is 0 Å². The minimum atomic E-state index is 0.260. The number of nitrogens with one attached hydrogen (secondary N) is 1. The average molecular weight is 292 g/mol. The molecule has 2 aliphatic rings. The first kappa shape index (κ1) is 14.1. The molecule has 1 aliphatic heterocycles. The molecule has 1 N–H and O–H groups in total. The maximum Gasteiger partial charge on any atom is 0.236 e. The second-order valence-electron chi connectivity index (χ2n) is 6.10. The fourth-order valence-electron chi connectivity index (χ4n) is 2.96. The second-order valence-corrected chi connectivity index (χ2v) is 7.10. The van der Waals surface area contributed by atoms with Crippen molar-refractivity contribution < 1.29 is 4.79 Å². The van der Waals surface area contributed by atoms with E-state index >= 15 is 0 Å². The Hall–Kier alpha value is -0.870. The molecule has 3 rings (SSSR count). The van der Waals surface area contributed by atoms with E-state index in [0.717, 1.165) is 31.8 Å². The highest BCUT2D eigenvalue weighted by Crippen LogP contribution is 2.34. The lowest BCUT2D eigenvalue weighted by atomic mass is 10.1. The number of thiophene rings is 1. The molecule has 0 radical (unpaired) electrons. The van der Waals surface area contributed by atoms with Gasteiger partial charge in [-0.3, -0.25) is 4.79 Å². The van der Waals surface area contributed by atoms with E-state index in [0.29, 0.717) is 12.6 Å². The lowest BCUT2D eigenvalue weighted by Crippen LogP contribution is -2.43. The number of hydrogen-bond donors (Lipinski definition) is 1. The SMILES string of the molecule is CCC(CC1CC1)NCC(=O)N1CCc2sccc2C1. The maximum atomic E-state index is 12.3. The van der Waals surface area contributed by atoms with Gasteiger partial charge < -0.3 is 10.2 Å². The summed E-state index contributed by atoms with van der Waals surface area (Å²) in [5, 5.41) is 5.61. The van der Waals surface area contributed by atoms with E-state index in [1.807, 2.05) is 16.2 Å². The summed E-state index contributed by atoms with van der Waals surface area (Å²) in [6.45, 7) is 4.40. The van der Waals surface area contributed by atoms with Crippen LogP contribution in [0.1, 0.15) is 43.0 Å². The van der Waals surface area contributed by atoms with Crippen molar-refractivity contribution in [2.24, 2.45) is 5.92 Å². The molecule has 1 fully saturated rings. The van der Waals surface area contributed by atoms with Crippen molar-refractivity contribution in [2.45, 2.75) is 51.6 Å². The molecule has 1 aliphatic carbocycles. The summed E-state index contributed by atoms with van der Waals surface area (Å²) in [6.07, 6.45) is 6.17. The van der Waals surface area contributed by atoms with Crippen LogP contribution < -0.4 is 5.32 Å². The number of carbonyl (C=O) groups is 1. The molecule has 0 spiro atoms. The third kappa shape index (κ3) is 3.41. The van der Waals surface area contributed by atoms with Gasteiger partial charge in [0.05, 0.1) is 6.54 Å². The predicted octanol–water partition coefficient (Wildman–Crippen LogP) is 2.80. The summed E-state index contributed by atoms with van der Waals surface area (Å²) >= 11 is 1.82. The lowest BCUT2D eigenvalue weighted by molar-refractivity contribution is -0.131. The minimum Gasteiger partial charge on any atom is -0.337 e. The van der Waals surface area contributed by atoms with Gasteiger partial charge in [-0.1, -0.05) is 19.8 Å². The van der Waals surface area contributed by atoms with Gasteiger partial charge in [-0.05, 0) is 42.2 Å². The smallest absolute Gasteiger partial charge is 0.236 e. The molecule has 0 bridgehead atoms. The van der Waals surface area contributed by atoms with Crippen molar-refractivity contribution in [1.82, 2.24) is 10.2 Å². The number of amides is 1. The number of hydrogen-bond acceptors (Lipinski definition) is 3. The molecular formula is C16H24N2OS. The fourth-order valence-corrected chi connectivity index (χ4v) is 3.84. The Kier molecular flexibility index (Phi) is 4.41. The normalized spacial score (nSPS) is 19.8. The van der Waals surface area contributed by atoms with Crippen LogP contribution >= 0.6 is 11.3 Å². The quantitative estimate of drug-likeness (QED) is 0.874. The van der Waals surface area contributed by atoms with Crippen molar-refractivity contribution in [1.29, 1.82) is 0 Å². The summed E-state index contributed by atoms with van der Waals surface area (Å²) in [5.74, 6) is 1.18. The number of fused-ring (bicyclic) bond motifs is 1. The van der Waals surface area contributed by atoms with Crippen molar-refractivity contribution >= 4 is 17.2 Å². The highest BCUT2D eigenvalue weighted by atomic mass is 32.1. The monoisotopic (exact) mass is 292 g/mol. The van der Waals surface area contributed by atoms with Gasteiger partial charge in [0, 0.05) is 24.0 Å². The van der Waals surface area contributed by atoms with Gasteiger partial charge in [-0.25, -0.2) is 0 Å². The number of rotatable bonds is 6. The van der Waals surface area contributed by atoms with Crippen LogP contribution in [-0.2, 0) is 17.8 Å². The minimum absolute atomic E-state index is 0.260. The molecule has 1 amide bonds. The van der Waals surface area contributed by atoms with Crippen molar-refractivity contribution in [2.75, 3.05) is 13.1 Å². The molecule has 2 heterocycles. The Bertz CT molecular complexity index is 467. The van der Waals surface area contributed by atoms with E-state index < -0.39 is 0 Å². The van der Waals surface area contributed by atoms with Crippen molar-refractivity contribution in [3.63, 3.8) is 0 Å². The van der Waals surface area contributed by atoms with Crippen LogP contribution in [0.25, 0.3) is 0 Å². The molecule has 4 heteroatoms. The Labute approximate surface area is 125 Å². The van der Waals surface area contributed by atoms with Gasteiger partial charge in [-0.2, -0.15) is 0 Å². The van der Waals surface area contributed by atoms with Crippen molar-refractivity contribution in [3.05, 3.63) is 21.9 Å². The molecular weight excluding hydrogens is 268 g/mol. The Morgan fingerprint density at radius 1 is 1.55 bits per heavy atom. The fraction of sp³-hybridized carbons (Fsp3) is 0.688. The standard InChI is InChI=1S/C16H24N2OS/c1-2-14(9-12-3-4-12)17-10-16(19)18-7-5-15-13(11-18)6-8-20-15/h6,8,12,14,17H,2-5,7,9-11H2,1H3. The highest BCUT2D eigenvalue weighted by Gasteiger charge is 2.26. The van der Waals surface area contributed by atoms with Crippen LogP contribution in [0.4, 0.5) is 0 Å². The zero-order valence-corrected chi connectivity index (χ0v) is 13.0. The van der Waals surface area contributed by atoms with Gasteiger partial charge in [0.15, 0.2) is 0 Å². The molecule has 3 nitrogen and oxygen atoms in total. The number of carbonyl (C=O) groups excluding carboxylic acids is 1. The topological polar surface area (TPSA) is 32.3 Å². The third-order valence-electron chi connectivity index (χ3n) is 4.51. The summed E-state index contributed by atoms with van der Waals surface area (Å²) in [5.41, 5.74) is 1.35. The average Bonchev–Trinajstić information content (AvgIpc) is 3.16. The van der Waals surface area contributed by atoms with Gasteiger partial charge in [0.1, 0.15) is 0 Å². The molecule has 1 unspecified atom stereocenters. The van der Waals surface area contributed by atoms with E-state index in [2.05, 4.69) is 23.7 Å². The molecule has 1 atom stereocenters. The molecule has 1 saturated carbocycles. The van der Waals surface area contributed by atoms with Crippen LogP contribution in [0.5, 0.6) is 0 Å². The molecule has 20 heavy (non-hydrogen) atoms.